The Labute approximate surface area is 187 Å². The molecule has 0 saturated heterocycles. The van der Waals surface area contributed by atoms with Crippen LogP contribution in [0.2, 0.25) is 5.02 Å². The molecule has 5 rings (SSSR count). The van der Waals surface area contributed by atoms with Gasteiger partial charge in [-0.05, 0) is 54.7 Å². The van der Waals surface area contributed by atoms with Gasteiger partial charge in [0.2, 0.25) is 5.91 Å². The second kappa shape index (κ2) is 8.24. The third kappa shape index (κ3) is 3.86. The molecule has 0 unspecified atom stereocenters. The van der Waals surface area contributed by atoms with Crippen molar-refractivity contribution in [3.63, 3.8) is 0 Å². The molecule has 0 fully saturated rings. The standard InChI is InChI=1S/C27H25ClN2O/c1-18-7-10-20(11-8-18)27-26-22(23-17-21(28)12-13-24(23)29-26)15-16-30(27)25(31)14-9-19-5-3-2-4-6-19/h2-8,10-13,17,27,29H,9,14-16H2,1H3/t27-/m1/s1. The zero-order valence-electron chi connectivity index (χ0n) is 17.6. The average molecular weight is 429 g/mol. The highest BCUT2D eigenvalue weighted by Crippen LogP contribution is 2.39. The van der Waals surface area contributed by atoms with Crippen LogP contribution in [0, 0.1) is 6.92 Å². The van der Waals surface area contributed by atoms with Gasteiger partial charge in [-0.3, -0.25) is 4.79 Å². The van der Waals surface area contributed by atoms with Crippen molar-refractivity contribution in [3.05, 3.63) is 106 Å². The lowest BCUT2D eigenvalue weighted by molar-refractivity contribution is -0.133. The molecule has 4 aromatic rings. The molecule has 1 aliphatic heterocycles. The van der Waals surface area contributed by atoms with Crippen molar-refractivity contribution < 1.29 is 4.79 Å². The van der Waals surface area contributed by atoms with E-state index in [1.807, 2.05) is 41.3 Å². The smallest absolute Gasteiger partial charge is 0.223 e. The Hall–Kier alpha value is -3.04. The Bertz CT molecular complexity index is 1230. The Balaban J connectivity index is 1.52. The Morgan fingerprint density at radius 1 is 1.06 bits per heavy atom. The fourth-order valence-electron chi connectivity index (χ4n) is 4.66. The number of carbonyl (C=O) groups excluding carboxylic acids is 1. The largest absolute Gasteiger partial charge is 0.356 e. The highest BCUT2D eigenvalue weighted by Gasteiger charge is 2.34. The van der Waals surface area contributed by atoms with Gasteiger partial charge in [0.25, 0.3) is 0 Å². The topological polar surface area (TPSA) is 36.1 Å². The fourth-order valence-corrected chi connectivity index (χ4v) is 4.84. The van der Waals surface area contributed by atoms with Gasteiger partial charge in [0.05, 0.1) is 6.04 Å². The van der Waals surface area contributed by atoms with Gasteiger partial charge in [0.15, 0.2) is 0 Å². The van der Waals surface area contributed by atoms with Crippen LogP contribution in [0.1, 0.15) is 40.4 Å². The Morgan fingerprint density at radius 2 is 1.84 bits per heavy atom. The van der Waals surface area contributed by atoms with E-state index < -0.39 is 0 Å². The third-order valence-electron chi connectivity index (χ3n) is 6.27. The Morgan fingerprint density at radius 3 is 2.61 bits per heavy atom. The highest BCUT2D eigenvalue weighted by atomic mass is 35.5. The molecule has 0 saturated carbocycles. The molecular weight excluding hydrogens is 404 g/mol. The van der Waals surface area contributed by atoms with Crippen molar-refractivity contribution in [3.8, 4) is 0 Å². The number of fused-ring (bicyclic) bond motifs is 3. The molecule has 4 heteroatoms. The van der Waals surface area contributed by atoms with Crippen LogP contribution < -0.4 is 0 Å². The van der Waals surface area contributed by atoms with Gasteiger partial charge >= 0.3 is 0 Å². The normalized spacial score (nSPS) is 15.8. The summed E-state index contributed by atoms with van der Waals surface area (Å²) in [6.07, 6.45) is 2.09. The third-order valence-corrected chi connectivity index (χ3v) is 6.51. The van der Waals surface area contributed by atoms with Crippen LogP contribution in [0.15, 0.2) is 72.8 Å². The van der Waals surface area contributed by atoms with Crippen molar-refractivity contribution in [2.24, 2.45) is 0 Å². The minimum atomic E-state index is -0.112. The molecule has 0 bridgehead atoms. The van der Waals surface area contributed by atoms with Crippen molar-refractivity contribution in [2.75, 3.05) is 6.54 Å². The molecule has 1 amide bonds. The molecule has 3 nitrogen and oxygen atoms in total. The molecule has 2 heterocycles. The minimum absolute atomic E-state index is 0.112. The lowest BCUT2D eigenvalue weighted by atomic mass is 9.91. The van der Waals surface area contributed by atoms with E-state index in [0.717, 1.165) is 40.0 Å². The van der Waals surface area contributed by atoms with Crippen molar-refractivity contribution in [2.45, 2.75) is 32.2 Å². The first-order valence-corrected chi connectivity index (χ1v) is 11.2. The van der Waals surface area contributed by atoms with E-state index in [1.165, 1.54) is 16.7 Å². The number of rotatable bonds is 4. The number of nitrogens with one attached hydrogen (secondary N) is 1. The summed E-state index contributed by atoms with van der Waals surface area (Å²) in [5.74, 6) is 0.191. The summed E-state index contributed by atoms with van der Waals surface area (Å²) < 4.78 is 0. The summed E-state index contributed by atoms with van der Waals surface area (Å²) in [5.41, 5.74) is 7.00. The summed E-state index contributed by atoms with van der Waals surface area (Å²) in [6, 6.07) is 24.6. The first-order chi connectivity index (χ1) is 15.1. The maximum Gasteiger partial charge on any atom is 0.223 e. The molecule has 1 aliphatic rings. The fraction of sp³-hybridized carbons (Fsp3) is 0.222. The number of aryl methyl sites for hydroxylation is 2. The van der Waals surface area contributed by atoms with Gasteiger partial charge < -0.3 is 9.88 Å². The number of H-pyrrole nitrogens is 1. The molecular formula is C27H25ClN2O. The predicted octanol–water partition coefficient (Wildman–Crippen LogP) is 6.24. The predicted molar refractivity (Wildman–Crippen MR) is 127 cm³/mol. The maximum absolute atomic E-state index is 13.4. The van der Waals surface area contributed by atoms with Crippen LogP contribution in [0.4, 0.5) is 0 Å². The van der Waals surface area contributed by atoms with E-state index in [9.17, 15) is 4.79 Å². The van der Waals surface area contributed by atoms with Crippen LogP contribution in [0.5, 0.6) is 0 Å². The van der Waals surface area contributed by atoms with Crippen molar-refractivity contribution >= 4 is 28.4 Å². The quantitative estimate of drug-likeness (QED) is 0.410. The number of hydrogen-bond donors (Lipinski definition) is 1. The van der Waals surface area contributed by atoms with Crippen molar-refractivity contribution in [1.29, 1.82) is 0 Å². The van der Waals surface area contributed by atoms with Gasteiger partial charge in [0, 0.05) is 34.6 Å². The number of aromatic amines is 1. The molecule has 0 aliphatic carbocycles. The second-order valence-corrected chi connectivity index (χ2v) is 8.78. The molecule has 1 atom stereocenters. The van der Waals surface area contributed by atoms with Crippen LogP contribution in [-0.4, -0.2) is 22.3 Å². The lowest BCUT2D eigenvalue weighted by Crippen LogP contribution is -2.40. The number of halogens is 1. The first kappa shape index (κ1) is 19.9. The van der Waals surface area contributed by atoms with Gasteiger partial charge in [-0.1, -0.05) is 71.8 Å². The van der Waals surface area contributed by atoms with Gasteiger partial charge in [-0.15, -0.1) is 0 Å². The molecule has 1 N–H and O–H groups in total. The molecule has 3 aromatic carbocycles. The van der Waals surface area contributed by atoms with Crippen LogP contribution in [-0.2, 0) is 17.6 Å². The monoisotopic (exact) mass is 428 g/mol. The van der Waals surface area contributed by atoms with E-state index in [4.69, 9.17) is 11.6 Å². The Kier molecular flexibility index (Phi) is 5.29. The molecule has 156 valence electrons. The zero-order valence-corrected chi connectivity index (χ0v) is 18.3. The number of aromatic nitrogens is 1. The number of nitrogens with zero attached hydrogens (tertiary/aromatic N) is 1. The summed E-state index contributed by atoms with van der Waals surface area (Å²) in [7, 11) is 0. The number of benzene rings is 3. The molecule has 1 aromatic heterocycles. The van der Waals surface area contributed by atoms with Crippen LogP contribution >= 0.6 is 11.6 Å². The van der Waals surface area contributed by atoms with Gasteiger partial charge in [0.1, 0.15) is 0 Å². The zero-order chi connectivity index (χ0) is 21.4. The van der Waals surface area contributed by atoms with Crippen LogP contribution in [0.25, 0.3) is 10.9 Å². The number of amides is 1. The number of hydrogen-bond acceptors (Lipinski definition) is 1. The minimum Gasteiger partial charge on any atom is -0.356 e. The number of carbonyl (C=O) groups is 1. The van der Waals surface area contributed by atoms with E-state index in [0.29, 0.717) is 13.0 Å². The van der Waals surface area contributed by atoms with E-state index >= 15 is 0 Å². The average Bonchev–Trinajstić information content (AvgIpc) is 3.16. The van der Waals surface area contributed by atoms with Gasteiger partial charge in [-0.25, -0.2) is 0 Å². The maximum atomic E-state index is 13.4. The van der Waals surface area contributed by atoms with E-state index in [1.54, 1.807) is 0 Å². The summed E-state index contributed by atoms with van der Waals surface area (Å²) >= 11 is 6.29. The lowest BCUT2D eigenvalue weighted by Gasteiger charge is -2.36. The van der Waals surface area contributed by atoms with E-state index in [-0.39, 0.29) is 11.9 Å². The first-order valence-electron chi connectivity index (χ1n) is 10.8. The SMILES string of the molecule is Cc1ccc([C@@H]2c3[nH]c4ccc(Cl)cc4c3CCN2C(=O)CCc2ccccc2)cc1. The molecule has 31 heavy (non-hydrogen) atoms. The highest BCUT2D eigenvalue weighted by molar-refractivity contribution is 6.31. The van der Waals surface area contributed by atoms with Crippen molar-refractivity contribution in [1.82, 2.24) is 9.88 Å². The molecule has 0 spiro atoms. The summed E-state index contributed by atoms with van der Waals surface area (Å²) in [6.45, 7) is 2.79. The second-order valence-electron chi connectivity index (χ2n) is 8.34. The van der Waals surface area contributed by atoms with Gasteiger partial charge in [-0.2, -0.15) is 0 Å². The van der Waals surface area contributed by atoms with Crippen LogP contribution in [0.3, 0.4) is 0 Å². The van der Waals surface area contributed by atoms with E-state index in [2.05, 4.69) is 48.3 Å². The summed E-state index contributed by atoms with van der Waals surface area (Å²) in [5, 5.41) is 1.90. The summed E-state index contributed by atoms with van der Waals surface area (Å²) in [4.78, 5) is 19.1. The molecule has 0 radical (unpaired) electrons.